The van der Waals surface area contributed by atoms with E-state index in [0.29, 0.717) is 0 Å². The van der Waals surface area contributed by atoms with Crippen molar-refractivity contribution >= 4 is 11.7 Å². The Balaban J connectivity index is 1.93. The van der Waals surface area contributed by atoms with E-state index in [1.165, 1.54) is 0 Å². The molecule has 1 aliphatic heterocycles. The van der Waals surface area contributed by atoms with Gasteiger partial charge in [-0.2, -0.15) is 0 Å². The molecule has 1 N–H and O–H groups in total. The van der Waals surface area contributed by atoms with Gasteiger partial charge in [-0.05, 0) is 13.3 Å². The fraction of sp³-hybridized carbons (Fsp3) is 0.667. The van der Waals surface area contributed by atoms with Gasteiger partial charge in [-0.3, -0.25) is 9.69 Å². The summed E-state index contributed by atoms with van der Waals surface area (Å²) < 4.78 is 0. The summed E-state index contributed by atoms with van der Waals surface area (Å²) in [6.45, 7) is 10.8. The van der Waals surface area contributed by atoms with Gasteiger partial charge < -0.3 is 10.2 Å². The Labute approximate surface area is 126 Å². The molecule has 1 aromatic heterocycles. The van der Waals surface area contributed by atoms with Crippen LogP contribution >= 0.6 is 0 Å². The molecule has 2 rings (SSSR count). The average Bonchev–Trinajstić information content (AvgIpc) is 2.45. The molecular formula is C15H25N5O. The predicted octanol–water partition coefficient (Wildman–Crippen LogP) is 1.27. The Morgan fingerprint density at radius 1 is 1.29 bits per heavy atom. The van der Waals surface area contributed by atoms with E-state index in [-0.39, 0.29) is 5.91 Å². The largest absolute Gasteiger partial charge is 0.370 e. The summed E-state index contributed by atoms with van der Waals surface area (Å²) in [6.07, 6.45) is 1.07. The van der Waals surface area contributed by atoms with Crippen LogP contribution in [0.5, 0.6) is 0 Å². The van der Waals surface area contributed by atoms with Gasteiger partial charge in [-0.25, -0.2) is 9.97 Å². The average molecular weight is 291 g/mol. The molecule has 0 unspecified atom stereocenters. The molecule has 116 valence electrons. The van der Waals surface area contributed by atoms with Crippen molar-refractivity contribution in [2.45, 2.75) is 33.7 Å². The zero-order valence-electron chi connectivity index (χ0n) is 13.2. The maximum atomic E-state index is 11.3. The van der Waals surface area contributed by atoms with E-state index in [9.17, 15) is 4.79 Å². The number of carbonyl (C=O) groups is 1. The second-order valence-electron chi connectivity index (χ2n) is 5.52. The number of amides is 1. The van der Waals surface area contributed by atoms with Crippen LogP contribution in [-0.2, 0) is 11.3 Å². The molecule has 1 amide bonds. The Morgan fingerprint density at radius 3 is 2.62 bits per heavy atom. The first kappa shape index (κ1) is 15.7. The number of aromatic nitrogens is 2. The molecule has 6 nitrogen and oxygen atoms in total. The molecule has 6 heteroatoms. The van der Waals surface area contributed by atoms with Crippen LogP contribution in [0.1, 0.15) is 31.8 Å². The van der Waals surface area contributed by atoms with Gasteiger partial charge in [0.25, 0.3) is 0 Å². The molecule has 0 atom stereocenters. The Kier molecular flexibility index (Phi) is 5.50. The van der Waals surface area contributed by atoms with Crippen LogP contribution in [0.2, 0.25) is 0 Å². The topological polar surface area (TPSA) is 61.4 Å². The normalized spacial score (nSPS) is 16.0. The minimum Gasteiger partial charge on any atom is -0.370 e. The van der Waals surface area contributed by atoms with Gasteiger partial charge in [0.1, 0.15) is 11.6 Å². The van der Waals surface area contributed by atoms with Crippen molar-refractivity contribution in [1.29, 1.82) is 0 Å². The van der Waals surface area contributed by atoms with Crippen molar-refractivity contribution in [2.24, 2.45) is 0 Å². The van der Waals surface area contributed by atoms with Crippen molar-refractivity contribution in [2.75, 3.05) is 38.0 Å². The summed E-state index contributed by atoms with van der Waals surface area (Å²) in [5.41, 5.74) is 0.987. The molecule has 0 radical (unpaired) electrons. The molecule has 1 aromatic rings. The monoisotopic (exact) mass is 291 g/mol. The number of hydrogen-bond acceptors (Lipinski definition) is 5. The first-order valence-corrected chi connectivity index (χ1v) is 7.64. The molecular weight excluding hydrogens is 266 g/mol. The van der Waals surface area contributed by atoms with Crippen LogP contribution in [0.3, 0.4) is 0 Å². The molecule has 0 spiro atoms. The Morgan fingerprint density at radius 2 is 2.00 bits per heavy atom. The fourth-order valence-electron chi connectivity index (χ4n) is 2.47. The van der Waals surface area contributed by atoms with Crippen LogP contribution in [-0.4, -0.2) is 58.4 Å². The lowest BCUT2D eigenvalue weighted by Gasteiger charge is -2.33. The zero-order chi connectivity index (χ0) is 15.2. The first-order chi connectivity index (χ1) is 10.1. The van der Waals surface area contributed by atoms with E-state index in [2.05, 4.69) is 27.1 Å². The standard InChI is InChI=1S/C15H25N5O/c1-4-5-16-14-10-12(2)17-15(18-14)11-19-6-8-20(9-7-19)13(3)21/h10H,4-9,11H2,1-3H3,(H,16,17,18). The maximum Gasteiger partial charge on any atom is 0.219 e. The number of carbonyl (C=O) groups excluding carboxylic acids is 1. The number of nitrogens with one attached hydrogen (secondary N) is 1. The highest BCUT2D eigenvalue weighted by Crippen LogP contribution is 2.10. The molecule has 0 saturated carbocycles. The molecule has 2 heterocycles. The van der Waals surface area contributed by atoms with Gasteiger partial charge in [0.05, 0.1) is 6.54 Å². The number of anilines is 1. The SMILES string of the molecule is CCCNc1cc(C)nc(CN2CCN(C(C)=O)CC2)n1. The van der Waals surface area contributed by atoms with Gasteiger partial charge >= 0.3 is 0 Å². The number of rotatable bonds is 5. The smallest absolute Gasteiger partial charge is 0.219 e. The number of hydrogen-bond donors (Lipinski definition) is 1. The second kappa shape index (κ2) is 7.36. The van der Waals surface area contributed by atoms with E-state index in [1.54, 1.807) is 6.92 Å². The van der Waals surface area contributed by atoms with Gasteiger partial charge in [0.15, 0.2) is 0 Å². The lowest BCUT2D eigenvalue weighted by Crippen LogP contribution is -2.47. The van der Waals surface area contributed by atoms with Crippen LogP contribution in [0.15, 0.2) is 6.07 Å². The highest BCUT2D eigenvalue weighted by atomic mass is 16.2. The number of aryl methyl sites for hydroxylation is 1. The number of piperazine rings is 1. The maximum absolute atomic E-state index is 11.3. The summed E-state index contributed by atoms with van der Waals surface area (Å²) in [7, 11) is 0. The van der Waals surface area contributed by atoms with Gasteiger partial charge in [-0.15, -0.1) is 0 Å². The van der Waals surface area contributed by atoms with E-state index < -0.39 is 0 Å². The van der Waals surface area contributed by atoms with Gasteiger partial charge in [-0.1, -0.05) is 6.92 Å². The summed E-state index contributed by atoms with van der Waals surface area (Å²) in [5, 5.41) is 3.31. The van der Waals surface area contributed by atoms with Crippen molar-refractivity contribution in [1.82, 2.24) is 19.8 Å². The molecule has 0 aromatic carbocycles. The quantitative estimate of drug-likeness (QED) is 0.885. The van der Waals surface area contributed by atoms with Crippen LogP contribution in [0, 0.1) is 6.92 Å². The minimum atomic E-state index is 0.160. The highest BCUT2D eigenvalue weighted by Gasteiger charge is 2.19. The molecule has 21 heavy (non-hydrogen) atoms. The lowest BCUT2D eigenvalue weighted by atomic mass is 10.3. The number of nitrogens with zero attached hydrogens (tertiary/aromatic N) is 4. The van der Waals surface area contributed by atoms with Crippen LogP contribution in [0.25, 0.3) is 0 Å². The van der Waals surface area contributed by atoms with E-state index in [4.69, 9.17) is 0 Å². The van der Waals surface area contributed by atoms with Crippen molar-refractivity contribution in [3.05, 3.63) is 17.6 Å². The van der Waals surface area contributed by atoms with E-state index >= 15 is 0 Å². The van der Waals surface area contributed by atoms with E-state index in [0.717, 1.165) is 63.0 Å². The molecule has 1 aliphatic rings. The zero-order valence-corrected chi connectivity index (χ0v) is 13.2. The molecule has 1 saturated heterocycles. The molecule has 1 fully saturated rings. The summed E-state index contributed by atoms with van der Waals surface area (Å²) >= 11 is 0. The summed E-state index contributed by atoms with van der Waals surface area (Å²) in [4.78, 5) is 24.6. The third-order valence-electron chi connectivity index (χ3n) is 3.64. The van der Waals surface area contributed by atoms with Gasteiger partial charge in [0.2, 0.25) is 5.91 Å². The summed E-state index contributed by atoms with van der Waals surface area (Å²) in [6, 6.07) is 1.98. The molecule has 0 aliphatic carbocycles. The molecule has 0 bridgehead atoms. The summed E-state index contributed by atoms with van der Waals surface area (Å²) in [5.74, 6) is 1.92. The van der Waals surface area contributed by atoms with Crippen molar-refractivity contribution in [3.63, 3.8) is 0 Å². The van der Waals surface area contributed by atoms with Crippen LogP contribution in [0.4, 0.5) is 5.82 Å². The third-order valence-corrected chi connectivity index (χ3v) is 3.64. The van der Waals surface area contributed by atoms with Crippen molar-refractivity contribution < 1.29 is 4.79 Å². The second-order valence-corrected chi connectivity index (χ2v) is 5.52. The Bertz CT molecular complexity index is 483. The predicted molar refractivity (Wildman–Crippen MR) is 83.1 cm³/mol. The Hall–Kier alpha value is -1.69. The fourth-order valence-corrected chi connectivity index (χ4v) is 2.47. The highest BCUT2D eigenvalue weighted by molar-refractivity contribution is 5.73. The third kappa shape index (κ3) is 4.67. The van der Waals surface area contributed by atoms with Crippen LogP contribution < -0.4 is 5.32 Å². The van der Waals surface area contributed by atoms with Gasteiger partial charge in [0, 0.05) is 51.4 Å². The lowest BCUT2D eigenvalue weighted by molar-refractivity contribution is -0.130. The van der Waals surface area contributed by atoms with E-state index in [1.807, 2.05) is 17.9 Å². The first-order valence-electron chi connectivity index (χ1n) is 7.64. The van der Waals surface area contributed by atoms with Crippen molar-refractivity contribution in [3.8, 4) is 0 Å². The minimum absolute atomic E-state index is 0.160.